The van der Waals surface area contributed by atoms with Crippen molar-refractivity contribution in [2.45, 2.75) is 6.92 Å². The van der Waals surface area contributed by atoms with E-state index in [0.717, 1.165) is 0 Å². The molecule has 0 aliphatic rings. The fourth-order valence-electron chi connectivity index (χ4n) is 0.807. The average Bonchev–Trinajstić information content (AvgIpc) is 2.15. The van der Waals surface area contributed by atoms with E-state index in [2.05, 4.69) is 5.16 Å². The van der Waals surface area contributed by atoms with Gasteiger partial charge < -0.3 is 10.6 Å². The number of halogens is 1. The Labute approximate surface area is 76.0 Å². The third kappa shape index (κ3) is 2.74. The normalized spacial score (nSPS) is 11.4. The van der Waals surface area contributed by atoms with Gasteiger partial charge in [-0.15, -0.1) is 0 Å². The van der Waals surface area contributed by atoms with Gasteiger partial charge in [0.25, 0.3) is 0 Å². The molecule has 0 saturated carbocycles. The minimum Gasteiger partial charge on any atom is -0.394 e. The zero-order chi connectivity index (χ0) is 9.68. The van der Waals surface area contributed by atoms with Crippen LogP contribution in [0, 0.1) is 5.82 Å². The van der Waals surface area contributed by atoms with Gasteiger partial charge >= 0.3 is 0 Å². The fraction of sp³-hybridized carbons (Fsp3) is 0.222. The molecular weight excluding hydrogens is 171 g/mol. The minimum atomic E-state index is -0.298. The summed E-state index contributed by atoms with van der Waals surface area (Å²) in [7, 11) is 0. The van der Waals surface area contributed by atoms with Crippen molar-refractivity contribution in [2.24, 2.45) is 10.9 Å². The first-order chi connectivity index (χ1) is 6.24. The SMILES string of the molecule is CCO/N=C(\N)c1ccc(F)cc1. The van der Waals surface area contributed by atoms with Crippen molar-refractivity contribution in [1.29, 1.82) is 0 Å². The van der Waals surface area contributed by atoms with Crippen LogP contribution < -0.4 is 5.73 Å². The summed E-state index contributed by atoms with van der Waals surface area (Å²) in [5.74, 6) is -0.0465. The Morgan fingerprint density at radius 2 is 2.08 bits per heavy atom. The Morgan fingerprint density at radius 1 is 1.46 bits per heavy atom. The molecule has 0 amide bonds. The van der Waals surface area contributed by atoms with Gasteiger partial charge in [-0.25, -0.2) is 4.39 Å². The third-order valence-electron chi connectivity index (χ3n) is 1.43. The van der Waals surface area contributed by atoms with E-state index >= 15 is 0 Å². The van der Waals surface area contributed by atoms with E-state index in [1.54, 1.807) is 19.1 Å². The Morgan fingerprint density at radius 3 is 2.62 bits per heavy atom. The first-order valence-corrected chi connectivity index (χ1v) is 3.95. The number of hydrogen-bond donors (Lipinski definition) is 1. The molecule has 0 atom stereocenters. The topological polar surface area (TPSA) is 47.6 Å². The van der Waals surface area contributed by atoms with Gasteiger partial charge in [0.1, 0.15) is 12.4 Å². The summed E-state index contributed by atoms with van der Waals surface area (Å²) in [5.41, 5.74) is 6.18. The van der Waals surface area contributed by atoms with Gasteiger partial charge in [-0.3, -0.25) is 0 Å². The molecule has 0 fully saturated rings. The number of rotatable bonds is 3. The van der Waals surface area contributed by atoms with E-state index in [-0.39, 0.29) is 11.7 Å². The van der Waals surface area contributed by atoms with Gasteiger partial charge in [-0.1, -0.05) is 5.16 Å². The zero-order valence-electron chi connectivity index (χ0n) is 7.33. The molecule has 1 aromatic carbocycles. The lowest BCUT2D eigenvalue weighted by atomic mass is 10.2. The second kappa shape index (κ2) is 4.45. The van der Waals surface area contributed by atoms with E-state index < -0.39 is 0 Å². The molecule has 0 unspecified atom stereocenters. The van der Waals surface area contributed by atoms with E-state index in [1.807, 2.05) is 0 Å². The van der Waals surface area contributed by atoms with Crippen LogP contribution in [0.4, 0.5) is 4.39 Å². The van der Waals surface area contributed by atoms with Crippen LogP contribution in [-0.4, -0.2) is 12.4 Å². The highest BCUT2D eigenvalue weighted by Crippen LogP contribution is 2.02. The highest BCUT2D eigenvalue weighted by Gasteiger charge is 1.98. The maximum atomic E-state index is 12.5. The number of nitrogens with zero attached hydrogens (tertiary/aromatic N) is 1. The summed E-state index contributed by atoms with van der Waals surface area (Å²) in [4.78, 5) is 4.75. The molecule has 3 nitrogen and oxygen atoms in total. The van der Waals surface area contributed by atoms with E-state index in [4.69, 9.17) is 10.6 Å². The van der Waals surface area contributed by atoms with Gasteiger partial charge in [-0.2, -0.15) is 0 Å². The molecule has 0 spiro atoms. The molecule has 0 saturated heterocycles. The molecule has 13 heavy (non-hydrogen) atoms. The Hall–Kier alpha value is -1.58. The summed E-state index contributed by atoms with van der Waals surface area (Å²) in [6.07, 6.45) is 0. The van der Waals surface area contributed by atoms with Crippen LogP contribution in [0.15, 0.2) is 29.4 Å². The van der Waals surface area contributed by atoms with Crippen molar-refractivity contribution in [3.05, 3.63) is 35.6 Å². The largest absolute Gasteiger partial charge is 0.394 e. The van der Waals surface area contributed by atoms with Crippen molar-refractivity contribution in [3.63, 3.8) is 0 Å². The summed E-state index contributed by atoms with van der Waals surface area (Å²) >= 11 is 0. The summed E-state index contributed by atoms with van der Waals surface area (Å²) in [5, 5.41) is 3.61. The number of amidine groups is 1. The second-order valence-electron chi connectivity index (χ2n) is 2.40. The molecule has 0 aliphatic heterocycles. The highest BCUT2D eigenvalue weighted by atomic mass is 19.1. The van der Waals surface area contributed by atoms with Crippen molar-refractivity contribution < 1.29 is 9.23 Å². The molecule has 0 bridgehead atoms. The van der Waals surface area contributed by atoms with Gasteiger partial charge in [0.2, 0.25) is 0 Å². The molecule has 0 radical (unpaired) electrons. The van der Waals surface area contributed by atoms with Crippen molar-refractivity contribution in [1.82, 2.24) is 0 Å². The van der Waals surface area contributed by atoms with Gasteiger partial charge in [0.15, 0.2) is 5.84 Å². The van der Waals surface area contributed by atoms with Gasteiger partial charge in [-0.05, 0) is 31.2 Å². The smallest absolute Gasteiger partial charge is 0.170 e. The minimum absolute atomic E-state index is 0.252. The van der Waals surface area contributed by atoms with E-state index in [9.17, 15) is 4.39 Å². The number of benzene rings is 1. The van der Waals surface area contributed by atoms with Crippen LogP contribution >= 0.6 is 0 Å². The van der Waals surface area contributed by atoms with Gasteiger partial charge in [0.05, 0.1) is 0 Å². The summed E-state index contributed by atoms with van der Waals surface area (Å²) in [6.45, 7) is 2.27. The second-order valence-corrected chi connectivity index (χ2v) is 2.40. The lowest BCUT2D eigenvalue weighted by Crippen LogP contribution is -2.13. The number of nitrogens with two attached hydrogens (primary N) is 1. The molecular formula is C9H11FN2O. The fourth-order valence-corrected chi connectivity index (χ4v) is 0.807. The van der Waals surface area contributed by atoms with Crippen LogP contribution in [0.5, 0.6) is 0 Å². The zero-order valence-corrected chi connectivity index (χ0v) is 7.33. The van der Waals surface area contributed by atoms with E-state index in [0.29, 0.717) is 12.2 Å². The molecule has 1 rings (SSSR count). The summed E-state index contributed by atoms with van der Waals surface area (Å²) in [6, 6.07) is 5.74. The molecule has 4 heteroatoms. The number of hydrogen-bond acceptors (Lipinski definition) is 2. The maximum absolute atomic E-state index is 12.5. The highest BCUT2D eigenvalue weighted by molar-refractivity contribution is 5.96. The lowest BCUT2D eigenvalue weighted by Gasteiger charge is -1.99. The predicted octanol–water partition coefficient (Wildman–Crippen LogP) is 1.48. The van der Waals surface area contributed by atoms with Crippen LogP contribution in [0.2, 0.25) is 0 Å². The molecule has 0 heterocycles. The predicted molar refractivity (Wildman–Crippen MR) is 48.8 cm³/mol. The van der Waals surface area contributed by atoms with Gasteiger partial charge in [0, 0.05) is 5.56 Å². The Balaban J connectivity index is 2.77. The molecule has 0 aliphatic carbocycles. The van der Waals surface area contributed by atoms with Crippen LogP contribution in [0.25, 0.3) is 0 Å². The average molecular weight is 182 g/mol. The maximum Gasteiger partial charge on any atom is 0.170 e. The standard InChI is InChI=1S/C9H11FN2O/c1-2-13-12-9(11)7-3-5-8(10)6-4-7/h3-6H,2H2,1H3,(H2,11,12). The first kappa shape index (κ1) is 9.51. The van der Waals surface area contributed by atoms with Crippen molar-refractivity contribution in [2.75, 3.05) is 6.61 Å². The van der Waals surface area contributed by atoms with Crippen molar-refractivity contribution >= 4 is 5.84 Å². The molecule has 0 aromatic heterocycles. The monoisotopic (exact) mass is 182 g/mol. The van der Waals surface area contributed by atoms with Crippen LogP contribution in [0.1, 0.15) is 12.5 Å². The number of oxime groups is 1. The van der Waals surface area contributed by atoms with Crippen LogP contribution in [0.3, 0.4) is 0 Å². The first-order valence-electron chi connectivity index (χ1n) is 3.95. The quantitative estimate of drug-likeness (QED) is 0.437. The van der Waals surface area contributed by atoms with Crippen molar-refractivity contribution in [3.8, 4) is 0 Å². The van der Waals surface area contributed by atoms with Crippen LogP contribution in [-0.2, 0) is 4.84 Å². The molecule has 2 N–H and O–H groups in total. The lowest BCUT2D eigenvalue weighted by molar-refractivity contribution is 0.158. The molecule has 1 aromatic rings. The summed E-state index contributed by atoms with van der Waals surface area (Å²) < 4.78 is 12.5. The third-order valence-corrected chi connectivity index (χ3v) is 1.43. The Bertz CT molecular complexity index is 295. The molecule has 70 valence electrons. The van der Waals surface area contributed by atoms with E-state index in [1.165, 1.54) is 12.1 Å². The Kier molecular flexibility index (Phi) is 3.25.